The smallest absolute Gasteiger partial charge is 0.237 e. The van der Waals surface area contributed by atoms with E-state index in [4.69, 9.17) is 10.00 Å². The van der Waals surface area contributed by atoms with Crippen molar-refractivity contribution < 1.29 is 9.53 Å². The Morgan fingerprint density at radius 1 is 1.28 bits per heavy atom. The molecule has 1 amide bonds. The third kappa shape index (κ3) is 5.28. The number of ether oxygens (including phenoxy) is 1. The van der Waals surface area contributed by atoms with Crippen molar-refractivity contribution >= 4 is 29.3 Å². The lowest BCUT2D eigenvalue weighted by molar-refractivity contribution is -0.116. The first-order valence-corrected chi connectivity index (χ1v) is 10.7. The van der Waals surface area contributed by atoms with Gasteiger partial charge in [-0.1, -0.05) is 29.5 Å². The fourth-order valence-electron chi connectivity index (χ4n) is 3.15. The van der Waals surface area contributed by atoms with E-state index in [2.05, 4.69) is 21.2 Å². The van der Waals surface area contributed by atoms with Crippen LogP contribution in [0.4, 0.5) is 11.6 Å². The Bertz CT molecular complexity index is 855. The van der Waals surface area contributed by atoms with Crippen molar-refractivity contribution in [1.29, 1.82) is 5.26 Å². The molecule has 0 spiro atoms. The molecule has 0 bridgehead atoms. The van der Waals surface area contributed by atoms with E-state index in [1.54, 1.807) is 4.90 Å². The van der Waals surface area contributed by atoms with Crippen LogP contribution in [-0.2, 0) is 16.1 Å². The van der Waals surface area contributed by atoms with Gasteiger partial charge in [0.1, 0.15) is 0 Å². The van der Waals surface area contributed by atoms with Crippen LogP contribution >= 0.6 is 11.8 Å². The first-order valence-electron chi connectivity index (χ1n) is 9.76. The maximum Gasteiger partial charge on any atom is 0.237 e. The Balaban J connectivity index is 1.70. The van der Waals surface area contributed by atoms with Gasteiger partial charge in [0.05, 0.1) is 31.5 Å². The molecule has 0 radical (unpaired) electrons. The van der Waals surface area contributed by atoms with Crippen molar-refractivity contribution in [2.75, 3.05) is 48.4 Å². The van der Waals surface area contributed by atoms with Gasteiger partial charge in [-0.05, 0) is 26.0 Å². The zero-order valence-electron chi connectivity index (χ0n) is 16.9. The van der Waals surface area contributed by atoms with Crippen LogP contribution in [0, 0.1) is 18.3 Å². The van der Waals surface area contributed by atoms with Gasteiger partial charge in [0.2, 0.25) is 11.9 Å². The third-order valence-electron chi connectivity index (χ3n) is 4.73. The quantitative estimate of drug-likeness (QED) is 0.613. The van der Waals surface area contributed by atoms with Gasteiger partial charge < -0.3 is 14.5 Å². The summed E-state index contributed by atoms with van der Waals surface area (Å²) in [5, 5.41) is 18.3. The van der Waals surface area contributed by atoms with Crippen LogP contribution in [0.3, 0.4) is 0 Å². The highest BCUT2D eigenvalue weighted by molar-refractivity contribution is 7.99. The monoisotopic (exact) mass is 414 g/mol. The van der Waals surface area contributed by atoms with Crippen LogP contribution in [0.5, 0.6) is 0 Å². The second-order valence-corrected chi connectivity index (χ2v) is 7.65. The van der Waals surface area contributed by atoms with Gasteiger partial charge >= 0.3 is 0 Å². The predicted octanol–water partition coefficient (Wildman–Crippen LogP) is 2.48. The fraction of sp³-hybridized carbons (Fsp3) is 0.500. The molecule has 9 heteroatoms. The van der Waals surface area contributed by atoms with Crippen molar-refractivity contribution in [2.24, 2.45) is 0 Å². The average Bonchev–Trinajstić information content (AvgIpc) is 3.17. The Hall–Kier alpha value is -2.57. The van der Waals surface area contributed by atoms with Crippen LogP contribution in [-0.4, -0.2) is 59.3 Å². The van der Waals surface area contributed by atoms with Crippen LogP contribution < -0.4 is 9.80 Å². The van der Waals surface area contributed by atoms with E-state index in [-0.39, 0.29) is 18.1 Å². The van der Waals surface area contributed by atoms with Crippen molar-refractivity contribution in [3.8, 4) is 6.07 Å². The number of nitriles is 1. The standard InChI is InChI=1S/C20H26N6O2S/c1-3-25-19(24-11-13-28-14-12-24)22-23-20(25)29-15-18(27)26(10-4-9-21)17-7-5-16(2)6-8-17/h5-8H,3-4,10-15H2,1-2H3. The largest absolute Gasteiger partial charge is 0.378 e. The number of aryl methyl sites for hydroxylation is 1. The van der Waals surface area contributed by atoms with Gasteiger partial charge in [-0.15, -0.1) is 10.2 Å². The van der Waals surface area contributed by atoms with Crippen molar-refractivity contribution in [3.63, 3.8) is 0 Å². The number of rotatable bonds is 8. The number of aromatic nitrogens is 3. The van der Waals surface area contributed by atoms with Gasteiger partial charge in [0, 0.05) is 31.9 Å². The van der Waals surface area contributed by atoms with Crippen LogP contribution in [0.1, 0.15) is 18.9 Å². The minimum absolute atomic E-state index is 0.0484. The average molecular weight is 415 g/mol. The summed E-state index contributed by atoms with van der Waals surface area (Å²) in [5.41, 5.74) is 1.94. The van der Waals surface area contributed by atoms with Crippen LogP contribution in [0.15, 0.2) is 29.4 Å². The van der Waals surface area contributed by atoms with E-state index in [0.717, 1.165) is 42.0 Å². The molecule has 1 aromatic carbocycles. The number of nitrogens with zero attached hydrogens (tertiary/aromatic N) is 6. The maximum atomic E-state index is 12.9. The van der Waals surface area contributed by atoms with E-state index in [1.807, 2.05) is 42.7 Å². The lowest BCUT2D eigenvalue weighted by Gasteiger charge is -2.27. The summed E-state index contributed by atoms with van der Waals surface area (Å²) in [7, 11) is 0. The Morgan fingerprint density at radius 2 is 2.00 bits per heavy atom. The SMILES string of the molecule is CCn1c(SCC(=O)N(CCC#N)c2ccc(C)cc2)nnc1N1CCOCC1. The van der Waals surface area contributed by atoms with Crippen LogP contribution in [0.25, 0.3) is 0 Å². The molecule has 3 rings (SSSR count). The summed E-state index contributed by atoms with van der Waals surface area (Å²) >= 11 is 1.38. The van der Waals surface area contributed by atoms with Crippen molar-refractivity contribution in [1.82, 2.24) is 14.8 Å². The molecular weight excluding hydrogens is 388 g/mol. The minimum Gasteiger partial charge on any atom is -0.378 e. The summed E-state index contributed by atoms with van der Waals surface area (Å²) in [4.78, 5) is 16.8. The normalized spacial score (nSPS) is 13.9. The Labute approximate surface area is 175 Å². The number of carbonyl (C=O) groups excluding carboxylic acids is 1. The van der Waals surface area contributed by atoms with E-state index in [0.29, 0.717) is 19.8 Å². The lowest BCUT2D eigenvalue weighted by Crippen LogP contribution is -2.38. The lowest BCUT2D eigenvalue weighted by atomic mass is 10.2. The summed E-state index contributed by atoms with van der Waals surface area (Å²) < 4.78 is 7.45. The Kier molecular flexibility index (Phi) is 7.49. The summed E-state index contributed by atoms with van der Waals surface area (Å²) in [5.74, 6) is 1.01. The topological polar surface area (TPSA) is 87.3 Å². The summed E-state index contributed by atoms with van der Waals surface area (Å²) in [6.45, 7) is 8.10. The van der Waals surface area contributed by atoms with Gasteiger partial charge in [-0.2, -0.15) is 5.26 Å². The third-order valence-corrected chi connectivity index (χ3v) is 5.68. The molecule has 154 valence electrons. The molecule has 0 saturated carbocycles. The number of benzene rings is 1. The first kappa shape index (κ1) is 21.1. The molecule has 1 saturated heterocycles. The van der Waals surface area contributed by atoms with Crippen molar-refractivity contribution in [2.45, 2.75) is 32.0 Å². The molecule has 1 fully saturated rings. The number of thioether (sulfide) groups is 1. The van der Waals surface area contributed by atoms with Gasteiger partial charge in [-0.25, -0.2) is 0 Å². The molecule has 8 nitrogen and oxygen atoms in total. The fourth-order valence-corrected chi connectivity index (χ4v) is 4.02. The Morgan fingerprint density at radius 3 is 2.66 bits per heavy atom. The second-order valence-electron chi connectivity index (χ2n) is 6.70. The number of hydrogen-bond donors (Lipinski definition) is 0. The highest BCUT2D eigenvalue weighted by atomic mass is 32.2. The van der Waals surface area contributed by atoms with Gasteiger partial charge in [0.25, 0.3) is 0 Å². The molecule has 0 aliphatic carbocycles. The van der Waals surface area contributed by atoms with E-state index >= 15 is 0 Å². The van der Waals surface area contributed by atoms with E-state index < -0.39 is 0 Å². The van der Waals surface area contributed by atoms with Crippen molar-refractivity contribution in [3.05, 3.63) is 29.8 Å². The minimum atomic E-state index is -0.0484. The zero-order chi connectivity index (χ0) is 20.6. The van der Waals surface area contributed by atoms with E-state index in [1.165, 1.54) is 11.8 Å². The number of anilines is 2. The number of amides is 1. The maximum absolute atomic E-state index is 12.9. The molecule has 0 N–H and O–H groups in total. The zero-order valence-corrected chi connectivity index (χ0v) is 17.7. The molecule has 2 aromatic rings. The molecule has 0 unspecified atom stereocenters. The number of carbonyl (C=O) groups is 1. The molecule has 2 heterocycles. The number of morpholine rings is 1. The number of hydrogen-bond acceptors (Lipinski definition) is 7. The predicted molar refractivity (Wildman–Crippen MR) is 113 cm³/mol. The second kappa shape index (κ2) is 10.3. The molecule has 1 aliphatic heterocycles. The van der Waals surface area contributed by atoms with Crippen LogP contribution in [0.2, 0.25) is 0 Å². The highest BCUT2D eigenvalue weighted by Gasteiger charge is 2.22. The first-order chi connectivity index (χ1) is 14.1. The van der Waals surface area contributed by atoms with Gasteiger partial charge in [0.15, 0.2) is 5.16 Å². The summed E-state index contributed by atoms with van der Waals surface area (Å²) in [6.07, 6.45) is 0.288. The van der Waals surface area contributed by atoms with Gasteiger partial charge in [-0.3, -0.25) is 9.36 Å². The molecule has 1 aromatic heterocycles. The molecule has 0 atom stereocenters. The molecule has 29 heavy (non-hydrogen) atoms. The highest BCUT2D eigenvalue weighted by Crippen LogP contribution is 2.24. The molecule has 1 aliphatic rings. The molecular formula is C20H26N6O2S. The van der Waals surface area contributed by atoms with E-state index in [9.17, 15) is 4.79 Å². The summed E-state index contributed by atoms with van der Waals surface area (Å²) in [6, 6.07) is 9.90.